The van der Waals surface area contributed by atoms with Gasteiger partial charge in [0.25, 0.3) is 15.7 Å². The number of nitrogens with zero attached hydrogens (tertiary/aromatic N) is 3. The Labute approximate surface area is 289 Å². The number of nitro groups is 1. The molecule has 1 fully saturated rings. The van der Waals surface area contributed by atoms with Crippen molar-refractivity contribution in [1.82, 2.24) is 10.2 Å². The summed E-state index contributed by atoms with van der Waals surface area (Å²) in [6, 6.07) is 25.6. The summed E-state index contributed by atoms with van der Waals surface area (Å²) in [5.41, 5.74) is 1.19. The van der Waals surface area contributed by atoms with Gasteiger partial charge in [0.2, 0.25) is 11.8 Å². The van der Waals surface area contributed by atoms with Gasteiger partial charge >= 0.3 is 0 Å². The summed E-state index contributed by atoms with van der Waals surface area (Å²) in [5.74, 6) is -1.02. The highest BCUT2D eigenvalue weighted by Gasteiger charge is 2.35. The molecule has 250 valence electrons. The summed E-state index contributed by atoms with van der Waals surface area (Å²) < 4.78 is 29.1. The van der Waals surface area contributed by atoms with E-state index in [1.807, 2.05) is 30.3 Å². The SMILES string of the molecule is O=C(NC1CCCC1)[C@H](Cc1ccccc1)N(Cc1ccc(Cl)c(Cl)c1)C(=O)CN(c1ccc([N+](=O)[O-])cc1)S(=O)(=O)c1ccccc1. The summed E-state index contributed by atoms with van der Waals surface area (Å²) in [6.07, 6.45) is 3.79. The van der Waals surface area contributed by atoms with Gasteiger partial charge in [0.15, 0.2) is 0 Å². The molecule has 1 aliphatic rings. The third kappa shape index (κ3) is 8.52. The number of amides is 2. The molecule has 1 aliphatic carbocycles. The fourth-order valence-corrected chi connectivity index (χ4v) is 7.50. The molecule has 1 atom stereocenters. The van der Waals surface area contributed by atoms with Gasteiger partial charge in [-0.1, -0.05) is 90.6 Å². The van der Waals surface area contributed by atoms with E-state index in [0.717, 1.165) is 35.6 Å². The number of hydrogen-bond acceptors (Lipinski definition) is 6. The van der Waals surface area contributed by atoms with Crippen LogP contribution in [0.5, 0.6) is 0 Å². The van der Waals surface area contributed by atoms with Gasteiger partial charge < -0.3 is 10.2 Å². The van der Waals surface area contributed by atoms with Crippen molar-refractivity contribution in [2.24, 2.45) is 0 Å². The van der Waals surface area contributed by atoms with E-state index in [-0.39, 0.29) is 46.2 Å². The van der Waals surface area contributed by atoms with Crippen LogP contribution in [0.15, 0.2) is 108 Å². The van der Waals surface area contributed by atoms with Crippen molar-refractivity contribution in [2.75, 3.05) is 10.8 Å². The molecule has 0 bridgehead atoms. The molecular weight excluding hydrogens is 675 g/mol. The van der Waals surface area contributed by atoms with Crippen molar-refractivity contribution >= 4 is 56.4 Å². The standard InChI is InChI=1S/C35H34Cl2N4O6S/c36-31-20-15-26(21-32(31)37)23-39(33(22-25-9-3-1-4-10-25)35(43)38-27-11-7-8-12-27)34(42)24-40(28-16-18-29(19-17-28)41(44)45)48(46,47)30-13-5-2-6-14-30/h1-6,9-10,13-21,27,33H,7-8,11-12,22-24H2,(H,38,43)/t33-/m0/s1. The fourth-order valence-electron chi connectivity index (χ4n) is 5.75. The Morgan fingerprint density at radius 1 is 0.854 bits per heavy atom. The summed E-state index contributed by atoms with van der Waals surface area (Å²) in [7, 11) is -4.35. The Kier molecular flexibility index (Phi) is 11.4. The Balaban J connectivity index is 1.58. The van der Waals surface area contributed by atoms with E-state index in [2.05, 4.69) is 5.32 Å². The van der Waals surface area contributed by atoms with E-state index in [4.69, 9.17) is 23.2 Å². The number of non-ortho nitro benzene ring substituents is 1. The first-order valence-corrected chi connectivity index (χ1v) is 17.6. The van der Waals surface area contributed by atoms with Crippen LogP contribution in [0.2, 0.25) is 10.0 Å². The molecule has 48 heavy (non-hydrogen) atoms. The molecule has 0 spiro atoms. The molecule has 1 saturated carbocycles. The summed E-state index contributed by atoms with van der Waals surface area (Å²) >= 11 is 12.5. The van der Waals surface area contributed by atoms with E-state index < -0.39 is 33.4 Å². The molecule has 0 heterocycles. The Hall–Kier alpha value is -4.45. The van der Waals surface area contributed by atoms with Crippen LogP contribution >= 0.6 is 23.2 Å². The number of carbonyl (C=O) groups is 2. The van der Waals surface area contributed by atoms with Gasteiger partial charge in [-0.15, -0.1) is 0 Å². The normalized spacial score (nSPS) is 13.9. The topological polar surface area (TPSA) is 130 Å². The molecule has 0 saturated heterocycles. The van der Waals surface area contributed by atoms with Gasteiger partial charge in [-0.2, -0.15) is 0 Å². The minimum Gasteiger partial charge on any atom is -0.352 e. The van der Waals surface area contributed by atoms with Crippen LogP contribution < -0.4 is 9.62 Å². The second-order valence-electron chi connectivity index (χ2n) is 11.6. The molecule has 13 heteroatoms. The highest BCUT2D eigenvalue weighted by Crippen LogP contribution is 2.28. The van der Waals surface area contributed by atoms with Gasteiger partial charge in [-0.3, -0.25) is 24.0 Å². The summed E-state index contributed by atoms with van der Waals surface area (Å²) in [4.78, 5) is 40.7. The van der Waals surface area contributed by atoms with Crippen LogP contribution in [-0.2, 0) is 32.6 Å². The number of halogens is 2. The molecule has 10 nitrogen and oxygen atoms in total. The van der Waals surface area contributed by atoms with Crippen molar-refractivity contribution < 1.29 is 22.9 Å². The number of anilines is 1. The van der Waals surface area contributed by atoms with Gasteiger partial charge in [0.05, 0.1) is 25.6 Å². The maximum atomic E-state index is 14.6. The number of carbonyl (C=O) groups excluding carboxylic acids is 2. The maximum Gasteiger partial charge on any atom is 0.269 e. The largest absolute Gasteiger partial charge is 0.352 e. The lowest BCUT2D eigenvalue weighted by Gasteiger charge is -2.34. The van der Waals surface area contributed by atoms with Gasteiger partial charge in [0.1, 0.15) is 12.6 Å². The van der Waals surface area contributed by atoms with Crippen LogP contribution in [0.25, 0.3) is 0 Å². The lowest BCUT2D eigenvalue weighted by molar-refractivity contribution is -0.384. The second kappa shape index (κ2) is 15.6. The zero-order chi connectivity index (χ0) is 34.3. The minimum atomic E-state index is -4.35. The molecule has 1 N–H and O–H groups in total. The first kappa shape index (κ1) is 34.9. The molecule has 4 aromatic rings. The molecule has 0 aliphatic heterocycles. The summed E-state index contributed by atoms with van der Waals surface area (Å²) in [6.45, 7) is -0.775. The number of nitrogens with one attached hydrogen (secondary N) is 1. The lowest BCUT2D eigenvalue weighted by atomic mass is 10.0. The van der Waals surface area contributed by atoms with E-state index in [1.54, 1.807) is 36.4 Å². The molecular formula is C35H34Cl2N4O6S. The van der Waals surface area contributed by atoms with Crippen LogP contribution in [0.3, 0.4) is 0 Å². The monoisotopic (exact) mass is 708 g/mol. The fraction of sp³-hybridized carbons (Fsp3) is 0.257. The third-order valence-corrected chi connectivity index (χ3v) is 10.8. The van der Waals surface area contributed by atoms with Gasteiger partial charge in [0, 0.05) is 31.1 Å². The number of sulfonamides is 1. The van der Waals surface area contributed by atoms with Gasteiger partial charge in [-0.05, 0) is 60.4 Å². The number of hydrogen-bond donors (Lipinski definition) is 1. The predicted octanol–water partition coefficient (Wildman–Crippen LogP) is 6.80. The molecule has 5 rings (SSSR count). The van der Waals surface area contributed by atoms with E-state index in [1.165, 1.54) is 41.3 Å². The number of benzene rings is 4. The quantitative estimate of drug-likeness (QED) is 0.120. The number of nitro benzene ring substituents is 1. The van der Waals surface area contributed by atoms with Crippen LogP contribution in [0.1, 0.15) is 36.8 Å². The lowest BCUT2D eigenvalue weighted by Crippen LogP contribution is -2.54. The van der Waals surface area contributed by atoms with E-state index in [0.29, 0.717) is 10.6 Å². The van der Waals surface area contributed by atoms with Crippen molar-refractivity contribution in [3.8, 4) is 0 Å². The average Bonchev–Trinajstić information content (AvgIpc) is 3.60. The second-order valence-corrected chi connectivity index (χ2v) is 14.2. The maximum absolute atomic E-state index is 14.6. The Bertz CT molecular complexity index is 1860. The Morgan fingerprint density at radius 3 is 2.08 bits per heavy atom. The van der Waals surface area contributed by atoms with E-state index in [9.17, 15) is 28.1 Å². The third-order valence-electron chi connectivity index (χ3n) is 8.27. The zero-order valence-electron chi connectivity index (χ0n) is 25.9. The first-order chi connectivity index (χ1) is 23.0. The van der Waals surface area contributed by atoms with Crippen molar-refractivity contribution in [3.05, 3.63) is 134 Å². The zero-order valence-corrected chi connectivity index (χ0v) is 28.2. The molecule has 2 amide bonds. The van der Waals surface area contributed by atoms with Crippen molar-refractivity contribution in [1.29, 1.82) is 0 Å². The van der Waals surface area contributed by atoms with Crippen LogP contribution in [0, 0.1) is 10.1 Å². The average molecular weight is 710 g/mol. The van der Waals surface area contributed by atoms with Crippen molar-refractivity contribution in [2.45, 2.75) is 55.6 Å². The summed E-state index contributed by atoms with van der Waals surface area (Å²) in [5, 5.41) is 15.1. The van der Waals surface area contributed by atoms with Crippen LogP contribution in [-0.4, -0.2) is 48.7 Å². The van der Waals surface area contributed by atoms with Crippen molar-refractivity contribution in [3.63, 3.8) is 0 Å². The highest BCUT2D eigenvalue weighted by atomic mass is 35.5. The molecule has 4 aromatic carbocycles. The molecule has 0 unspecified atom stereocenters. The first-order valence-electron chi connectivity index (χ1n) is 15.4. The molecule has 0 radical (unpaired) electrons. The predicted molar refractivity (Wildman–Crippen MR) is 185 cm³/mol. The van der Waals surface area contributed by atoms with Crippen LogP contribution in [0.4, 0.5) is 11.4 Å². The Morgan fingerprint density at radius 2 is 1.48 bits per heavy atom. The minimum absolute atomic E-state index is 0.0345. The number of rotatable bonds is 13. The van der Waals surface area contributed by atoms with Gasteiger partial charge in [-0.25, -0.2) is 8.42 Å². The van der Waals surface area contributed by atoms with E-state index >= 15 is 0 Å². The smallest absolute Gasteiger partial charge is 0.269 e. The molecule has 0 aromatic heterocycles. The highest BCUT2D eigenvalue weighted by molar-refractivity contribution is 7.92.